The molecule has 0 radical (unpaired) electrons. The van der Waals surface area contributed by atoms with Crippen molar-refractivity contribution in [2.24, 2.45) is 0 Å². The monoisotopic (exact) mass is 339 g/mol. The first-order chi connectivity index (χ1) is 9.61. The van der Waals surface area contributed by atoms with Crippen LogP contribution >= 0.6 is 15.9 Å². The summed E-state index contributed by atoms with van der Waals surface area (Å²) in [6, 6.07) is 4.74. The standard InChI is InChI=1S/C12H14BrN5O2/c1-2-17-8-15-16-12(17)7-14-6-9-3-4-10(18(19)20)5-11(9)13/h3-5,8,14H,2,6-7H2,1H3. The Labute approximate surface area is 124 Å². The third-order valence-electron chi connectivity index (χ3n) is 2.88. The van der Waals surface area contributed by atoms with E-state index in [1.165, 1.54) is 12.1 Å². The quantitative estimate of drug-likeness (QED) is 0.644. The van der Waals surface area contributed by atoms with Crippen molar-refractivity contribution in [3.05, 3.63) is 50.5 Å². The number of halogens is 1. The van der Waals surface area contributed by atoms with Gasteiger partial charge in [-0.3, -0.25) is 10.1 Å². The van der Waals surface area contributed by atoms with E-state index in [0.29, 0.717) is 13.1 Å². The van der Waals surface area contributed by atoms with E-state index in [0.717, 1.165) is 22.4 Å². The number of non-ortho nitro benzene ring substituents is 1. The van der Waals surface area contributed by atoms with E-state index < -0.39 is 4.92 Å². The lowest BCUT2D eigenvalue weighted by atomic mass is 10.2. The molecular weight excluding hydrogens is 326 g/mol. The fraction of sp³-hybridized carbons (Fsp3) is 0.333. The number of aromatic nitrogens is 3. The van der Waals surface area contributed by atoms with Gasteiger partial charge >= 0.3 is 0 Å². The van der Waals surface area contributed by atoms with Crippen LogP contribution in [-0.2, 0) is 19.6 Å². The van der Waals surface area contributed by atoms with Gasteiger partial charge in [0, 0.05) is 29.7 Å². The van der Waals surface area contributed by atoms with Gasteiger partial charge in [-0.15, -0.1) is 10.2 Å². The predicted molar refractivity (Wildman–Crippen MR) is 77.0 cm³/mol. The normalized spacial score (nSPS) is 10.7. The van der Waals surface area contributed by atoms with Crippen LogP contribution in [0.15, 0.2) is 29.0 Å². The van der Waals surface area contributed by atoms with Gasteiger partial charge in [-0.2, -0.15) is 0 Å². The Morgan fingerprint density at radius 1 is 1.45 bits per heavy atom. The lowest BCUT2D eigenvalue weighted by Gasteiger charge is -2.07. The molecule has 0 saturated heterocycles. The molecule has 0 atom stereocenters. The molecule has 0 amide bonds. The number of nitrogens with one attached hydrogen (secondary N) is 1. The second kappa shape index (κ2) is 6.58. The molecular formula is C12H14BrN5O2. The zero-order valence-electron chi connectivity index (χ0n) is 10.9. The van der Waals surface area contributed by atoms with E-state index >= 15 is 0 Å². The van der Waals surface area contributed by atoms with E-state index in [2.05, 4.69) is 31.4 Å². The minimum Gasteiger partial charge on any atom is -0.317 e. The Bertz CT molecular complexity index is 614. The van der Waals surface area contributed by atoms with E-state index in [1.54, 1.807) is 12.4 Å². The van der Waals surface area contributed by atoms with Crippen molar-refractivity contribution >= 4 is 21.6 Å². The zero-order valence-corrected chi connectivity index (χ0v) is 12.5. The third-order valence-corrected chi connectivity index (χ3v) is 3.62. The van der Waals surface area contributed by atoms with Crippen LogP contribution in [0.1, 0.15) is 18.3 Å². The molecule has 0 unspecified atom stereocenters. The molecule has 0 aliphatic carbocycles. The van der Waals surface area contributed by atoms with Crippen LogP contribution in [0.4, 0.5) is 5.69 Å². The molecule has 0 aliphatic rings. The molecule has 106 valence electrons. The molecule has 8 heteroatoms. The molecule has 7 nitrogen and oxygen atoms in total. The van der Waals surface area contributed by atoms with Crippen LogP contribution in [0.5, 0.6) is 0 Å². The maximum absolute atomic E-state index is 10.7. The van der Waals surface area contributed by atoms with Crippen molar-refractivity contribution in [1.82, 2.24) is 20.1 Å². The lowest BCUT2D eigenvalue weighted by Crippen LogP contribution is -2.16. The summed E-state index contributed by atoms with van der Waals surface area (Å²) in [5.41, 5.74) is 1.03. The summed E-state index contributed by atoms with van der Waals surface area (Å²) in [6.07, 6.45) is 1.69. The molecule has 1 aromatic heterocycles. The Hall–Kier alpha value is -1.80. The Balaban J connectivity index is 1.96. The molecule has 1 aromatic carbocycles. The van der Waals surface area contributed by atoms with Gasteiger partial charge in [0.1, 0.15) is 12.2 Å². The van der Waals surface area contributed by atoms with Crippen LogP contribution in [0, 0.1) is 10.1 Å². The minimum atomic E-state index is -0.411. The number of hydrogen-bond acceptors (Lipinski definition) is 5. The number of nitro benzene ring substituents is 1. The summed E-state index contributed by atoms with van der Waals surface area (Å²) in [7, 11) is 0. The maximum Gasteiger partial charge on any atom is 0.270 e. The molecule has 0 aliphatic heterocycles. The van der Waals surface area contributed by atoms with E-state index in [4.69, 9.17) is 0 Å². The van der Waals surface area contributed by atoms with Crippen LogP contribution < -0.4 is 5.32 Å². The fourth-order valence-corrected chi connectivity index (χ4v) is 2.29. The topological polar surface area (TPSA) is 85.9 Å². The molecule has 1 N–H and O–H groups in total. The summed E-state index contributed by atoms with van der Waals surface area (Å²) in [4.78, 5) is 10.2. The second-order valence-corrected chi connectivity index (χ2v) is 5.02. The average Bonchev–Trinajstić information content (AvgIpc) is 2.87. The van der Waals surface area contributed by atoms with Gasteiger partial charge in [-0.05, 0) is 18.6 Å². The number of hydrogen-bond donors (Lipinski definition) is 1. The molecule has 2 aromatic rings. The minimum absolute atomic E-state index is 0.0753. The van der Waals surface area contributed by atoms with E-state index in [9.17, 15) is 10.1 Å². The van der Waals surface area contributed by atoms with Gasteiger partial charge in [-0.1, -0.05) is 15.9 Å². The summed E-state index contributed by atoms with van der Waals surface area (Å²) in [5.74, 6) is 0.866. The van der Waals surface area contributed by atoms with Crippen LogP contribution in [0.3, 0.4) is 0 Å². The van der Waals surface area contributed by atoms with Crippen LogP contribution in [-0.4, -0.2) is 19.7 Å². The Morgan fingerprint density at radius 3 is 2.90 bits per heavy atom. The molecule has 0 saturated carbocycles. The van der Waals surface area contributed by atoms with Crippen molar-refractivity contribution in [3.63, 3.8) is 0 Å². The van der Waals surface area contributed by atoms with Crippen molar-refractivity contribution < 1.29 is 4.92 Å². The highest BCUT2D eigenvalue weighted by molar-refractivity contribution is 9.10. The SMILES string of the molecule is CCn1cnnc1CNCc1ccc([N+](=O)[O-])cc1Br. The van der Waals surface area contributed by atoms with E-state index in [-0.39, 0.29) is 5.69 Å². The molecule has 1 heterocycles. The Morgan fingerprint density at radius 2 is 2.25 bits per heavy atom. The third kappa shape index (κ3) is 3.40. The number of aryl methyl sites for hydroxylation is 1. The van der Waals surface area contributed by atoms with Gasteiger partial charge in [0.05, 0.1) is 11.5 Å². The summed E-state index contributed by atoms with van der Waals surface area (Å²) >= 11 is 3.34. The molecule has 0 fully saturated rings. The summed E-state index contributed by atoms with van der Waals surface area (Å²) < 4.78 is 2.67. The first-order valence-electron chi connectivity index (χ1n) is 6.12. The van der Waals surface area contributed by atoms with Gasteiger partial charge in [0.25, 0.3) is 5.69 Å². The van der Waals surface area contributed by atoms with Gasteiger partial charge in [0.2, 0.25) is 0 Å². The fourth-order valence-electron chi connectivity index (χ4n) is 1.78. The van der Waals surface area contributed by atoms with Crippen LogP contribution in [0.25, 0.3) is 0 Å². The summed E-state index contributed by atoms with van der Waals surface area (Å²) in [6.45, 7) is 4.04. The second-order valence-electron chi connectivity index (χ2n) is 4.17. The van der Waals surface area contributed by atoms with Crippen LogP contribution in [0.2, 0.25) is 0 Å². The van der Waals surface area contributed by atoms with Crippen molar-refractivity contribution in [2.45, 2.75) is 26.6 Å². The van der Waals surface area contributed by atoms with Crippen molar-refractivity contribution in [3.8, 4) is 0 Å². The molecule has 0 bridgehead atoms. The van der Waals surface area contributed by atoms with Crippen molar-refractivity contribution in [1.29, 1.82) is 0 Å². The maximum atomic E-state index is 10.7. The number of benzene rings is 1. The Kier molecular flexibility index (Phi) is 4.80. The number of nitro groups is 1. The van der Waals surface area contributed by atoms with Crippen molar-refractivity contribution in [2.75, 3.05) is 0 Å². The molecule has 20 heavy (non-hydrogen) atoms. The number of nitrogens with zero attached hydrogens (tertiary/aromatic N) is 4. The first-order valence-corrected chi connectivity index (χ1v) is 6.91. The average molecular weight is 340 g/mol. The molecule has 2 rings (SSSR count). The highest BCUT2D eigenvalue weighted by atomic mass is 79.9. The lowest BCUT2D eigenvalue weighted by molar-refractivity contribution is -0.384. The van der Waals surface area contributed by atoms with E-state index in [1.807, 2.05) is 11.5 Å². The zero-order chi connectivity index (χ0) is 14.5. The number of rotatable bonds is 6. The highest BCUT2D eigenvalue weighted by Crippen LogP contribution is 2.22. The highest BCUT2D eigenvalue weighted by Gasteiger charge is 2.09. The smallest absolute Gasteiger partial charge is 0.270 e. The summed E-state index contributed by atoms with van der Waals surface area (Å²) in [5, 5.41) is 21.8. The largest absolute Gasteiger partial charge is 0.317 e. The van der Waals surface area contributed by atoms with Gasteiger partial charge in [-0.25, -0.2) is 0 Å². The van der Waals surface area contributed by atoms with Gasteiger partial charge in [0.15, 0.2) is 0 Å². The molecule has 0 spiro atoms. The van der Waals surface area contributed by atoms with Gasteiger partial charge < -0.3 is 9.88 Å². The predicted octanol–water partition coefficient (Wildman–Crippen LogP) is 2.26. The first kappa shape index (κ1) is 14.6.